The van der Waals surface area contributed by atoms with Crippen molar-refractivity contribution in [3.8, 4) is 5.75 Å². The van der Waals surface area contributed by atoms with Gasteiger partial charge in [0.1, 0.15) is 0 Å². The first kappa shape index (κ1) is 20.8. The van der Waals surface area contributed by atoms with Crippen molar-refractivity contribution in [1.82, 2.24) is 9.80 Å². The molecule has 1 aliphatic heterocycles. The summed E-state index contributed by atoms with van der Waals surface area (Å²) in [7, 11) is 0. The lowest BCUT2D eigenvalue weighted by atomic mass is 10.2. The number of rotatable bonds is 2. The van der Waals surface area contributed by atoms with E-state index in [9.17, 15) is 31.5 Å². The van der Waals surface area contributed by atoms with Crippen LogP contribution >= 0.6 is 11.6 Å². The number of amides is 2. The second-order valence-electron chi connectivity index (χ2n) is 6.06. The molecule has 0 unspecified atom stereocenters. The molecule has 2 amide bonds. The molecular weight excluding hydrogens is 423 g/mol. The molecule has 0 aromatic heterocycles. The third kappa shape index (κ3) is 4.12. The Morgan fingerprint density at radius 3 is 1.90 bits per heavy atom. The van der Waals surface area contributed by atoms with Gasteiger partial charge in [-0.2, -0.15) is 8.78 Å². The zero-order chi connectivity index (χ0) is 21.3. The minimum atomic E-state index is -2.35. The van der Waals surface area contributed by atoms with Crippen LogP contribution in [0.25, 0.3) is 0 Å². The van der Waals surface area contributed by atoms with Gasteiger partial charge in [0.2, 0.25) is 34.8 Å². The van der Waals surface area contributed by atoms with Gasteiger partial charge < -0.3 is 14.5 Å². The van der Waals surface area contributed by atoms with Gasteiger partial charge in [0.15, 0.2) is 0 Å². The molecule has 11 heteroatoms. The Hall–Kier alpha value is -2.88. The van der Waals surface area contributed by atoms with Crippen molar-refractivity contribution in [3.63, 3.8) is 0 Å². The highest BCUT2D eigenvalue weighted by Gasteiger charge is 2.31. The van der Waals surface area contributed by atoms with Crippen LogP contribution in [0.2, 0.25) is 5.02 Å². The molecule has 5 nitrogen and oxygen atoms in total. The van der Waals surface area contributed by atoms with E-state index in [1.54, 1.807) is 18.2 Å². The number of benzene rings is 2. The summed E-state index contributed by atoms with van der Waals surface area (Å²) < 4.78 is 71.1. The lowest BCUT2D eigenvalue weighted by Gasteiger charge is -2.34. The molecule has 1 saturated heterocycles. The summed E-state index contributed by atoms with van der Waals surface area (Å²) in [6.07, 6.45) is -1.30. The van der Waals surface area contributed by atoms with Crippen molar-refractivity contribution in [3.05, 3.63) is 63.9 Å². The molecule has 0 radical (unpaired) electrons. The number of nitrogens with zero attached hydrogens (tertiary/aromatic N) is 2. The molecule has 0 aliphatic carbocycles. The summed E-state index contributed by atoms with van der Waals surface area (Å²) in [5.41, 5.74) is 0.343. The normalized spacial score (nSPS) is 14.1. The minimum absolute atomic E-state index is 0.0670. The Labute approximate surface area is 166 Å². The second-order valence-corrected chi connectivity index (χ2v) is 6.49. The average molecular weight is 435 g/mol. The molecule has 1 heterocycles. The van der Waals surface area contributed by atoms with Gasteiger partial charge in [-0.05, 0) is 18.2 Å². The summed E-state index contributed by atoms with van der Waals surface area (Å²) in [6.45, 7) is -0.00380. The van der Waals surface area contributed by atoms with Crippen molar-refractivity contribution in [2.24, 2.45) is 0 Å². The molecule has 1 aliphatic rings. The lowest BCUT2D eigenvalue weighted by molar-refractivity contribution is 0.0630. The summed E-state index contributed by atoms with van der Waals surface area (Å²) in [5, 5.41) is 0.376. The van der Waals surface area contributed by atoms with Crippen molar-refractivity contribution in [1.29, 1.82) is 0 Å². The standard InChI is InChI=1S/C18H12ClF5N2O3/c19-10-3-1-2-9(8-10)17(27)25-4-6-26(7-5-25)18(28)29-16-14(23)12(21)11(20)13(22)15(16)24/h1-3,8H,4-7H2. The van der Waals surface area contributed by atoms with E-state index in [0.29, 0.717) is 10.6 Å². The van der Waals surface area contributed by atoms with Gasteiger partial charge in [0.05, 0.1) is 0 Å². The third-order valence-corrected chi connectivity index (χ3v) is 4.49. The molecule has 2 aromatic carbocycles. The maximum atomic E-state index is 13.6. The van der Waals surface area contributed by atoms with Crippen LogP contribution in [0.5, 0.6) is 5.75 Å². The fourth-order valence-electron chi connectivity index (χ4n) is 2.72. The number of ether oxygens (including phenoxy) is 1. The molecule has 0 spiro atoms. The Balaban J connectivity index is 1.66. The molecule has 2 aromatic rings. The zero-order valence-corrected chi connectivity index (χ0v) is 15.3. The van der Waals surface area contributed by atoms with Crippen molar-refractivity contribution >= 4 is 23.6 Å². The fourth-order valence-corrected chi connectivity index (χ4v) is 2.91. The number of hydrogen-bond acceptors (Lipinski definition) is 3. The molecule has 154 valence electrons. The van der Waals surface area contributed by atoms with E-state index in [4.69, 9.17) is 11.6 Å². The zero-order valence-electron chi connectivity index (χ0n) is 14.5. The van der Waals surface area contributed by atoms with Crippen LogP contribution in [0.15, 0.2) is 24.3 Å². The van der Waals surface area contributed by atoms with Gasteiger partial charge in [-0.15, -0.1) is 0 Å². The largest absolute Gasteiger partial charge is 0.415 e. The van der Waals surface area contributed by atoms with Crippen LogP contribution < -0.4 is 4.74 Å². The van der Waals surface area contributed by atoms with E-state index in [2.05, 4.69) is 4.74 Å². The summed E-state index contributed by atoms with van der Waals surface area (Å²) in [4.78, 5) is 26.9. The molecule has 0 saturated carbocycles. The van der Waals surface area contributed by atoms with Crippen LogP contribution in [0.4, 0.5) is 26.7 Å². The summed E-state index contributed by atoms with van der Waals surface area (Å²) >= 11 is 5.85. The van der Waals surface area contributed by atoms with Crippen LogP contribution in [-0.4, -0.2) is 48.0 Å². The first-order valence-electron chi connectivity index (χ1n) is 8.23. The third-order valence-electron chi connectivity index (χ3n) is 4.26. The highest BCUT2D eigenvalue weighted by Crippen LogP contribution is 2.29. The van der Waals surface area contributed by atoms with Crippen molar-refractivity contribution in [2.45, 2.75) is 0 Å². The molecule has 0 N–H and O–H groups in total. The minimum Gasteiger partial charge on any atom is -0.404 e. The predicted molar refractivity (Wildman–Crippen MR) is 91.2 cm³/mol. The fraction of sp³-hybridized carbons (Fsp3) is 0.222. The first-order chi connectivity index (χ1) is 13.7. The SMILES string of the molecule is O=C(Oc1c(F)c(F)c(F)c(F)c1F)N1CCN(C(=O)c2cccc(Cl)c2)CC1. The van der Waals surface area contributed by atoms with Gasteiger partial charge in [-0.1, -0.05) is 17.7 Å². The summed E-state index contributed by atoms with van der Waals surface area (Å²) in [6, 6.07) is 6.25. The maximum Gasteiger partial charge on any atom is 0.415 e. The molecule has 3 rings (SSSR count). The summed E-state index contributed by atoms with van der Waals surface area (Å²) in [5.74, 6) is -13.3. The Morgan fingerprint density at radius 1 is 0.828 bits per heavy atom. The van der Waals surface area contributed by atoms with E-state index < -0.39 is 40.9 Å². The first-order valence-corrected chi connectivity index (χ1v) is 8.61. The molecule has 29 heavy (non-hydrogen) atoms. The quantitative estimate of drug-likeness (QED) is 0.408. The van der Waals surface area contributed by atoms with Crippen LogP contribution in [-0.2, 0) is 0 Å². The van der Waals surface area contributed by atoms with E-state index in [1.807, 2.05) is 0 Å². The Bertz CT molecular complexity index is 951. The second kappa shape index (κ2) is 8.24. The van der Waals surface area contributed by atoms with E-state index >= 15 is 0 Å². The number of carbonyl (C=O) groups excluding carboxylic acids is 2. The molecular formula is C18H12ClF5N2O3. The number of hydrogen-bond donors (Lipinski definition) is 0. The maximum absolute atomic E-state index is 13.6. The van der Waals surface area contributed by atoms with E-state index in [1.165, 1.54) is 11.0 Å². The highest BCUT2D eigenvalue weighted by atomic mass is 35.5. The van der Waals surface area contributed by atoms with Crippen LogP contribution in [0, 0.1) is 29.1 Å². The molecule has 1 fully saturated rings. The van der Waals surface area contributed by atoms with Gasteiger partial charge >= 0.3 is 6.09 Å². The monoisotopic (exact) mass is 434 g/mol. The predicted octanol–water partition coefficient (Wildman–Crippen LogP) is 3.99. The number of piperazine rings is 1. The van der Waals surface area contributed by atoms with Crippen molar-refractivity contribution in [2.75, 3.05) is 26.2 Å². The smallest absolute Gasteiger partial charge is 0.404 e. The molecule has 0 bridgehead atoms. The lowest BCUT2D eigenvalue weighted by Crippen LogP contribution is -2.51. The van der Waals surface area contributed by atoms with Gasteiger partial charge in [-0.25, -0.2) is 18.0 Å². The number of carbonyl (C=O) groups is 2. The Morgan fingerprint density at radius 2 is 1.34 bits per heavy atom. The van der Waals surface area contributed by atoms with Gasteiger partial charge in [-0.3, -0.25) is 4.79 Å². The van der Waals surface area contributed by atoms with Gasteiger partial charge in [0, 0.05) is 36.8 Å². The van der Waals surface area contributed by atoms with Crippen molar-refractivity contribution < 1.29 is 36.3 Å². The van der Waals surface area contributed by atoms with Gasteiger partial charge in [0.25, 0.3) is 5.91 Å². The molecule has 0 atom stereocenters. The average Bonchev–Trinajstić information content (AvgIpc) is 2.73. The topological polar surface area (TPSA) is 49.9 Å². The van der Waals surface area contributed by atoms with E-state index in [0.717, 1.165) is 4.90 Å². The van der Waals surface area contributed by atoms with E-state index in [-0.39, 0.29) is 32.1 Å². The van der Waals surface area contributed by atoms with Crippen LogP contribution in [0.1, 0.15) is 10.4 Å². The highest BCUT2D eigenvalue weighted by molar-refractivity contribution is 6.30. The Kier molecular flexibility index (Phi) is 5.92. The number of halogens is 6. The van der Waals surface area contributed by atoms with Crippen LogP contribution in [0.3, 0.4) is 0 Å².